The van der Waals surface area contributed by atoms with Crippen molar-refractivity contribution >= 4 is 27.5 Å². The summed E-state index contributed by atoms with van der Waals surface area (Å²) in [6.07, 6.45) is 4.43. The fraction of sp³-hybridized carbons (Fsp3) is 0.400. The van der Waals surface area contributed by atoms with Crippen molar-refractivity contribution in [1.29, 1.82) is 0 Å². The van der Waals surface area contributed by atoms with Gasteiger partial charge in [-0.3, -0.25) is 0 Å². The van der Waals surface area contributed by atoms with Crippen molar-refractivity contribution < 1.29 is 0 Å². The fourth-order valence-electron chi connectivity index (χ4n) is 1.62. The van der Waals surface area contributed by atoms with Crippen molar-refractivity contribution in [1.82, 2.24) is 14.6 Å². The number of anilines is 1. The van der Waals surface area contributed by atoms with Crippen LogP contribution in [0.25, 0.3) is 5.65 Å². The van der Waals surface area contributed by atoms with Crippen LogP contribution in [-0.4, -0.2) is 27.7 Å². The Bertz CT molecular complexity index is 503. The van der Waals surface area contributed by atoms with Gasteiger partial charge in [0.1, 0.15) is 0 Å². The summed E-state index contributed by atoms with van der Waals surface area (Å²) in [5.74, 6) is 0.815. The molecule has 0 bridgehead atoms. The summed E-state index contributed by atoms with van der Waals surface area (Å²) in [6, 6.07) is 4.57. The lowest BCUT2D eigenvalue weighted by Crippen LogP contribution is -2.20. The van der Waals surface area contributed by atoms with Gasteiger partial charge >= 0.3 is 0 Å². The molecule has 1 aliphatic carbocycles. The second-order valence-electron chi connectivity index (χ2n) is 3.90. The Morgan fingerprint density at radius 1 is 1.53 bits per heavy atom. The minimum atomic E-state index is 0.644. The summed E-state index contributed by atoms with van der Waals surface area (Å²) in [5, 5.41) is 4.43. The maximum absolute atomic E-state index is 4.48. The molecule has 1 aliphatic rings. The summed E-state index contributed by atoms with van der Waals surface area (Å²) in [5.41, 5.74) is 0.881. The number of nitrogens with zero attached hydrogens (tertiary/aromatic N) is 4. The summed E-state index contributed by atoms with van der Waals surface area (Å²) in [6.45, 7) is 0. The molecule has 0 unspecified atom stereocenters. The number of rotatable bonds is 2. The average molecular weight is 267 g/mol. The Hall–Kier alpha value is -1.10. The zero-order valence-corrected chi connectivity index (χ0v) is 9.98. The van der Waals surface area contributed by atoms with E-state index in [-0.39, 0.29) is 0 Å². The highest BCUT2D eigenvalue weighted by Crippen LogP contribution is 2.28. The molecule has 0 N–H and O–H groups in total. The van der Waals surface area contributed by atoms with Crippen LogP contribution in [0.3, 0.4) is 0 Å². The number of fused-ring (bicyclic) bond motifs is 1. The minimum absolute atomic E-state index is 0.644. The van der Waals surface area contributed by atoms with Crippen LogP contribution in [0, 0.1) is 0 Å². The maximum Gasteiger partial charge on any atom is 0.245 e. The van der Waals surface area contributed by atoms with Crippen LogP contribution < -0.4 is 4.90 Å². The second kappa shape index (κ2) is 3.20. The molecule has 0 aromatic carbocycles. The topological polar surface area (TPSA) is 33.4 Å². The van der Waals surface area contributed by atoms with Gasteiger partial charge in [-0.1, -0.05) is 15.9 Å². The largest absolute Gasteiger partial charge is 0.340 e. The van der Waals surface area contributed by atoms with Crippen molar-refractivity contribution in [3.8, 4) is 0 Å². The molecule has 1 fully saturated rings. The highest BCUT2D eigenvalue weighted by atomic mass is 79.9. The van der Waals surface area contributed by atoms with Crippen LogP contribution in [0.2, 0.25) is 0 Å². The summed E-state index contributed by atoms with van der Waals surface area (Å²) in [7, 11) is 2.06. The SMILES string of the molecule is CN(c1nc2cc(Br)ccn2n1)C1CC1. The third-order valence-corrected chi connectivity index (χ3v) is 3.19. The Morgan fingerprint density at radius 2 is 2.33 bits per heavy atom. The van der Waals surface area contributed by atoms with Crippen molar-refractivity contribution in [3.63, 3.8) is 0 Å². The van der Waals surface area contributed by atoms with Crippen molar-refractivity contribution in [2.75, 3.05) is 11.9 Å². The summed E-state index contributed by atoms with van der Waals surface area (Å²) < 4.78 is 2.84. The normalized spacial score (nSPS) is 15.9. The van der Waals surface area contributed by atoms with Gasteiger partial charge in [0.05, 0.1) is 0 Å². The van der Waals surface area contributed by atoms with Crippen LogP contribution in [0.15, 0.2) is 22.8 Å². The van der Waals surface area contributed by atoms with Crippen LogP contribution in [0.5, 0.6) is 0 Å². The molecule has 0 amide bonds. The number of pyridine rings is 1. The van der Waals surface area contributed by atoms with E-state index in [1.807, 2.05) is 18.3 Å². The molecule has 2 heterocycles. The van der Waals surface area contributed by atoms with Gasteiger partial charge < -0.3 is 4.90 Å². The van der Waals surface area contributed by atoms with Gasteiger partial charge in [-0.15, -0.1) is 5.10 Å². The van der Waals surface area contributed by atoms with Gasteiger partial charge in [-0.25, -0.2) is 4.52 Å². The molecule has 15 heavy (non-hydrogen) atoms. The quantitative estimate of drug-likeness (QED) is 0.835. The standard InChI is InChI=1S/C10H11BrN4/c1-14(8-2-3-8)10-12-9-6-7(11)4-5-15(9)13-10/h4-6,8H,2-3H2,1H3. The van der Waals surface area contributed by atoms with Gasteiger partial charge in [-0.05, 0) is 25.0 Å². The van der Waals surface area contributed by atoms with Crippen LogP contribution in [0.4, 0.5) is 5.95 Å². The van der Waals surface area contributed by atoms with E-state index in [4.69, 9.17) is 0 Å². The zero-order valence-electron chi connectivity index (χ0n) is 8.39. The monoisotopic (exact) mass is 266 g/mol. The van der Waals surface area contributed by atoms with Gasteiger partial charge in [0.25, 0.3) is 0 Å². The molecule has 4 nitrogen and oxygen atoms in total. The van der Waals surface area contributed by atoms with E-state index in [1.165, 1.54) is 12.8 Å². The molecule has 0 spiro atoms. The highest BCUT2D eigenvalue weighted by molar-refractivity contribution is 9.10. The minimum Gasteiger partial charge on any atom is -0.340 e. The van der Waals surface area contributed by atoms with Crippen molar-refractivity contribution in [2.24, 2.45) is 0 Å². The second-order valence-corrected chi connectivity index (χ2v) is 4.82. The molecule has 78 valence electrons. The zero-order chi connectivity index (χ0) is 10.4. The Kier molecular flexibility index (Phi) is 1.95. The molecular weight excluding hydrogens is 256 g/mol. The number of halogens is 1. The van der Waals surface area contributed by atoms with Gasteiger partial charge in [0.2, 0.25) is 5.95 Å². The predicted molar refractivity (Wildman–Crippen MR) is 62.1 cm³/mol. The highest BCUT2D eigenvalue weighted by Gasteiger charge is 2.28. The molecule has 3 rings (SSSR count). The van der Waals surface area contributed by atoms with Gasteiger partial charge in [-0.2, -0.15) is 4.98 Å². The lowest BCUT2D eigenvalue weighted by molar-refractivity contribution is 0.847. The third kappa shape index (κ3) is 1.61. The smallest absolute Gasteiger partial charge is 0.245 e. The van der Waals surface area contributed by atoms with Crippen LogP contribution in [0.1, 0.15) is 12.8 Å². The first kappa shape index (κ1) is 9.15. The lowest BCUT2D eigenvalue weighted by atomic mass is 10.5. The van der Waals surface area contributed by atoms with Crippen molar-refractivity contribution in [3.05, 3.63) is 22.8 Å². The molecule has 0 radical (unpaired) electrons. The average Bonchev–Trinajstić information content (AvgIpc) is 2.97. The maximum atomic E-state index is 4.48. The first-order valence-corrected chi connectivity index (χ1v) is 5.78. The van der Waals surface area contributed by atoms with Crippen LogP contribution >= 0.6 is 15.9 Å². The van der Waals surface area contributed by atoms with E-state index in [0.29, 0.717) is 6.04 Å². The van der Waals surface area contributed by atoms with E-state index >= 15 is 0 Å². The predicted octanol–water partition coefficient (Wildman–Crippen LogP) is 2.09. The molecule has 0 saturated heterocycles. The Balaban J connectivity index is 2.05. The molecule has 2 aromatic heterocycles. The number of aromatic nitrogens is 3. The van der Waals surface area contributed by atoms with E-state index in [2.05, 4.69) is 38.0 Å². The number of hydrogen-bond acceptors (Lipinski definition) is 3. The van der Waals surface area contributed by atoms with E-state index < -0.39 is 0 Å². The fourth-order valence-corrected chi connectivity index (χ4v) is 1.94. The molecule has 0 aliphatic heterocycles. The Labute approximate surface area is 96.0 Å². The van der Waals surface area contributed by atoms with Crippen molar-refractivity contribution in [2.45, 2.75) is 18.9 Å². The molecule has 2 aromatic rings. The third-order valence-electron chi connectivity index (χ3n) is 2.70. The summed E-state index contributed by atoms with van der Waals surface area (Å²) >= 11 is 3.43. The molecule has 0 atom stereocenters. The van der Waals surface area contributed by atoms with Gasteiger partial charge in [0.15, 0.2) is 5.65 Å². The van der Waals surface area contributed by atoms with Gasteiger partial charge in [0, 0.05) is 23.8 Å². The van der Waals surface area contributed by atoms with E-state index in [0.717, 1.165) is 16.1 Å². The molecule has 5 heteroatoms. The molecule has 1 saturated carbocycles. The van der Waals surface area contributed by atoms with E-state index in [1.54, 1.807) is 4.52 Å². The first-order chi connectivity index (χ1) is 7.24. The lowest BCUT2D eigenvalue weighted by Gasteiger charge is -2.11. The van der Waals surface area contributed by atoms with E-state index in [9.17, 15) is 0 Å². The summed E-state index contributed by atoms with van der Waals surface area (Å²) in [4.78, 5) is 6.64. The van der Waals surface area contributed by atoms with Crippen LogP contribution in [-0.2, 0) is 0 Å². The number of hydrogen-bond donors (Lipinski definition) is 0. The Morgan fingerprint density at radius 3 is 3.07 bits per heavy atom. The molecular formula is C10H11BrN4. The first-order valence-electron chi connectivity index (χ1n) is 4.99.